The molecule has 3 aromatic rings. The van der Waals surface area contributed by atoms with Crippen molar-refractivity contribution in [2.45, 2.75) is 50.3 Å². The number of hydrogen-bond donors (Lipinski definition) is 1. The first-order chi connectivity index (χ1) is 12.5. The molecule has 0 saturated heterocycles. The predicted molar refractivity (Wildman–Crippen MR) is 105 cm³/mol. The molecule has 1 aromatic carbocycles. The van der Waals surface area contributed by atoms with E-state index in [1.165, 1.54) is 11.3 Å². The third-order valence-electron chi connectivity index (χ3n) is 4.30. The van der Waals surface area contributed by atoms with Crippen LogP contribution in [0.25, 0.3) is 10.9 Å². The normalized spacial score (nSPS) is 13.0. The average Bonchev–Trinajstić information content (AvgIpc) is 3.09. The summed E-state index contributed by atoms with van der Waals surface area (Å²) in [5.41, 5.74) is 0.446. The van der Waals surface area contributed by atoms with Crippen LogP contribution in [0.5, 0.6) is 0 Å². The first kappa shape index (κ1) is 18.7. The molecule has 6 nitrogen and oxygen atoms in total. The molecule has 1 unspecified atom stereocenters. The van der Waals surface area contributed by atoms with Crippen LogP contribution >= 0.6 is 11.3 Å². The fourth-order valence-electron chi connectivity index (χ4n) is 2.86. The minimum atomic E-state index is -3.78. The Labute approximate surface area is 157 Å². The van der Waals surface area contributed by atoms with Gasteiger partial charge in [-0.3, -0.25) is 9.71 Å². The molecule has 0 radical (unpaired) electrons. The molecule has 1 atom stereocenters. The number of para-hydroxylation sites is 1. The van der Waals surface area contributed by atoms with E-state index in [0.717, 1.165) is 36.1 Å². The van der Waals surface area contributed by atoms with E-state index in [1.807, 2.05) is 12.1 Å². The van der Waals surface area contributed by atoms with Gasteiger partial charge in [-0.15, -0.1) is 10.2 Å². The monoisotopic (exact) mass is 390 g/mol. The van der Waals surface area contributed by atoms with Gasteiger partial charge in [0.1, 0.15) is 9.90 Å². The van der Waals surface area contributed by atoms with E-state index < -0.39 is 10.0 Å². The maximum atomic E-state index is 12.8. The Kier molecular flexibility index (Phi) is 5.83. The number of unbranched alkanes of at least 4 members (excludes halogenated alkanes) is 1. The van der Waals surface area contributed by atoms with Crippen LogP contribution in [0.2, 0.25) is 0 Å². The number of benzene rings is 1. The van der Waals surface area contributed by atoms with Crippen LogP contribution in [0.15, 0.2) is 41.4 Å². The maximum Gasteiger partial charge on any atom is 0.265 e. The molecule has 0 amide bonds. The quantitative estimate of drug-likeness (QED) is 0.609. The fraction of sp³-hybridized carbons (Fsp3) is 0.389. The lowest BCUT2D eigenvalue weighted by atomic mass is 10.0. The number of rotatable bonds is 8. The van der Waals surface area contributed by atoms with Gasteiger partial charge in [0.05, 0.1) is 5.52 Å². The minimum absolute atomic E-state index is 0.144. The van der Waals surface area contributed by atoms with Crippen molar-refractivity contribution >= 4 is 37.4 Å². The number of nitrogens with zero attached hydrogens (tertiary/aromatic N) is 3. The van der Waals surface area contributed by atoms with Crippen LogP contribution in [0.1, 0.15) is 50.5 Å². The molecule has 8 heteroatoms. The van der Waals surface area contributed by atoms with E-state index in [1.54, 1.807) is 24.4 Å². The summed E-state index contributed by atoms with van der Waals surface area (Å²) in [5, 5.41) is 10.2. The van der Waals surface area contributed by atoms with Gasteiger partial charge in [-0.25, -0.2) is 8.42 Å². The highest BCUT2D eigenvalue weighted by molar-refractivity contribution is 7.93. The zero-order valence-corrected chi connectivity index (χ0v) is 16.5. The molecule has 0 aliphatic carbocycles. The van der Waals surface area contributed by atoms with Gasteiger partial charge < -0.3 is 0 Å². The summed E-state index contributed by atoms with van der Waals surface area (Å²) in [6.45, 7) is 4.28. The Morgan fingerprint density at radius 3 is 2.73 bits per heavy atom. The summed E-state index contributed by atoms with van der Waals surface area (Å²) in [6, 6.07) is 8.72. The third kappa shape index (κ3) is 4.02. The van der Waals surface area contributed by atoms with Gasteiger partial charge in [-0.2, -0.15) is 0 Å². The van der Waals surface area contributed by atoms with E-state index in [2.05, 4.69) is 33.8 Å². The van der Waals surface area contributed by atoms with Crippen LogP contribution in [0.4, 0.5) is 5.13 Å². The third-order valence-corrected chi connectivity index (χ3v) is 6.80. The lowest BCUT2D eigenvalue weighted by Crippen LogP contribution is -2.13. The highest BCUT2D eigenvalue weighted by atomic mass is 32.2. The zero-order chi connectivity index (χ0) is 18.6. The summed E-state index contributed by atoms with van der Waals surface area (Å²) in [7, 11) is -3.78. The van der Waals surface area contributed by atoms with Crippen molar-refractivity contribution < 1.29 is 8.42 Å². The van der Waals surface area contributed by atoms with Crippen LogP contribution in [-0.4, -0.2) is 23.6 Å². The number of sulfonamides is 1. The second-order valence-corrected chi connectivity index (χ2v) is 8.79. The topological polar surface area (TPSA) is 84.8 Å². The van der Waals surface area contributed by atoms with Crippen LogP contribution in [-0.2, 0) is 10.0 Å². The van der Waals surface area contributed by atoms with Crippen LogP contribution in [0.3, 0.4) is 0 Å². The van der Waals surface area contributed by atoms with Crippen molar-refractivity contribution in [3.05, 3.63) is 41.5 Å². The second-order valence-electron chi connectivity index (χ2n) is 6.13. The minimum Gasteiger partial charge on any atom is -0.255 e. The van der Waals surface area contributed by atoms with Gasteiger partial charge in [0.25, 0.3) is 10.0 Å². The van der Waals surface area contributed by atoms with Crippen molar-refractivity contribution in [2.75, 3.05) is 4.72 Å². The van der Waals surface area contributed by atoms with E-state index in [4.69, 9.17) is 0 Å². The number of nitrogens with one attached hydrogen (secondary N) is 1. The summed E-state index contributed by atoms with van der Waals surface area (Å²) in [5.74, 6) is 0.324. The van der Waals surface area contributed by atoms with Crippen molar-refractivity contribution in [3.8, 4) is 0 Å². The molecule has 0 aliphatic rings. The van der Waals surface area contributed by atoms with Crippen molar-refractivity contribution in [3.63, 3.8) is 0 Å². The van der Waals surface area contributed by atoms with Gasteiger partial charge in [0.15, 0.2) is 0 Å². The smallest absolute Gasteiger partial charge is 0.255 e. The highest BCUT2D eigenvalue weighted by Gasteiger charge is 2.21. The molecule has 26 heavy (non-hydrogen) atoms. The molecule has 0 saturated carbocycles. The van der Waals surface area contributed by atoms with E-state index in [9.17, 15) is 8.42 Å². The molecule has 0 fully saturated rings. The molecular formula is C18H22N4O2S2. The number of hydrogen-bond acceptors (Lipinski definition) is 6. The van der Waals surface area contributed by atoms with Crippen molar-refractivity contribution in [1.29, 1.82) is 0 Å². The molecule has 2 aromatic heterocycles. The summed E-state index contributed by atoms with van der Waals surface area (Å²) < 4.78 is 28.2. The molecule has 2 heterocycles. The van der Waals surface area contributed by atoms with Gasteiger partial charge in [-0.05, 0) is 25.0 Å². The van der Waals surface area contributed by atoms with Crippen LogP contribution < -0.4 is 4.72 Å². The fourth-order valence-corrected chi connectivity index (χ4v) is 5.23. The number of aromatic nitrogens is 3. The predicted octanol–water partition coefficient (Wildman–Crippen LogP) is 4.57. The molecule has 3 rings (SSSR count). The average molecular weight is 391 g/mol. The van der Waals surface area contributed by atoms with Gasteiger partial charge in [0, 0.05) is 17.5 Å². The Morgan fingerprint density at radius 2 is 1.96 bits per heavy atom. The van der Waals surface area contributed by atoms with E-state index in [0.29, 0.717) is 16.6 Å². The first-order valence-corrected chi connectivity index (χ1v) is 11.0. The largest absolute Gasteiger partial charge is 0.265 e. The Morgan fingerprint density at radius 1 is 1.15 bits per heavy atom. The lowest BCUT2D eigenvalue weighted by Gasteiger charge is -2.09. The molecule has 0 aliphatic heterocycles. The van der Waals surface area contributed by atoms with Gasteiger partial charge in [0.2, 0.25) is 5.13 Å². The molecule has 0 spiro atoms. The van der Waals surface area contributed by atoms with E-state index in [-0.39, 0.29) is 4.90 Å². The standard InChI is InChI=1S/C18H22N4O2S2/c1-3-5-8-13(4-2)17-20-21-18(25-17)22-26(23,24)15-11-6-9-14-10-7-12-19-16(14)15/h6-7,9-13H,3-5,8H2,1-2H3,(H,21,22). The number of anilines is 1. The van der Waals surface area contributed by atoms with Gasteiger partial charge >= 0.3 is 0 Å². The van der Waals surface area contributed by atoms with Gasteiger partial charge in [-0.1, -0.05) is 56.2 Å². The summed E-state index contributed by atoms with van der Waals surface area (Å²) >= 11 is 1.31. The molecule has 0 bridgehead atoms. The van der Waals surface area contributed by atoms with Crippen molar-refractivity contribution in [1.82, 2.24) is 15.2 Å². The lowest BCUT2D eigenvalue weighted by molar-refractivity contribution is 0.563. The van der Waals surface area contributed by atoms with Crippen LogP contribution in [0, 0.1) is 0 Å². The highest BCUT2D eigenvalue weighted by Crippen LogP contribution is 2.31. The summed E-state index contributed by atoms with van der Waals surface area (Å²) in [6.07, 6.45) is 5.85. The first-order valence-electron chi connectivity index (χ1n) is 8.75. The maximum absolute atomic E-state index is 12.8. The molecule has 1 N–H and O–H groups in total. The zero-order valence-electron chi connectivity index (χ0n) is 14.8. The van der Waals surface area contributed by atoms with Crippen molar-refractivity contribution in [2.24, 2.45) is 0 Å². The van der Waals surface area contributed by atoms with E-state index >= 15 is 0 Å². The Balaban J connectivity index is 1.86. The summed E-state index contributed by atoms with van der Waals surface area (Å²) in [4.78, 5) is 4.36. The molecular weight excluding hydrogens is 368 g/mol. The Hall–Kier alpha value is -2.06. The number of pyridine rings is 1. The number of fused-ring (bicyclic) bond motifs is 1. The molecule has 138 valence electrons. The second kappa shape index (κ2) is 8.09. The SMILES string of the molecule is CCCCC(CC)c1nnc(NS(=O)(=O)c2cccc3cccnc23)s1. The Bertz CT molecular complexity index is 980.